The van der Waals surface area contributed by atoms with Crippen LogP contribution < -0.4 is 11.3 Å². The van der Waals surface area contributed by atoms with Crippen molar-refractivity contribution in [3.8, 4) is 6.07 Å². The molecule has 0 bridgehead atoms. The van der Waals surface area contributed by atoms with Gasteiger partial charge in [0.05, 0.1) is 21.8 Å². The molecule has 0 aromatic heterocycles. The molecule has 1 aromatic carbocycles. The summed E-state index contributed by atoms with van der Waals surface area (Å²) in [4.78, 5) is 9.95. The number of nitrogens with zero attached hydrogens (tertiary/aromatic N) is 3. The molecule has 21 heavy (non-hydrogen) atoms. The maximum absolute atomic E-state index is 12.3. The third-order valence-corrected chi connectivity index (χ3v) is 4.60. The summed E-state index contributed by atoms with van der Waals surface area (Å²) in [7, 11) is -2.61. The van der Waals surface area contributed by atoms with Crippen LogP contribution in [0.5, 0.6) is 0 Å². The average Bonchev–Trinajstić information content (AvgIpc) is 2.45. The van der Waals surface area contributed by atoms with Crippen molar-refractivity contribution in [1.82, 2.24) is 4.31 Å². The van der Waals surface area contributed by atoms with Gasteiger partial charge in [-0.2, -0.15) is 9.57 Å². The number of nitro groups is 1. The van der Waals surface area contributed by atoms with Crippen molar-refractivity contribution in [2.24, 2.45) is 11.8 Å². The number of nitrogens with one attached hydrogen (secondary N) is 1. The highest BCUT2D eigenvalue weighted by Crippen LogP contribution is 2.28. The highest BCUT2D eigenvalue weighted by atomic mass is 32.2. The van der Waals surface area contributed by atoms with Crippen molar-refractivity contribution in [1.29, 1.82) is 5.26 Å². The van der Waals surface area contributed by atoms with E-state index in [0.29, 0.717) is 0 Å². The molecule has 114 valence electrons. The fourth-order valence-electron chi connectivity index (χ4n) is 1.65. The molecular formula is C11H15N5O4S. The Hall–Kier alpha value is -2.22. The zero-order chi connectivity index (χ0) is 16.2. The van der Waals surface area contributed by atoms with Crippen LogP contribution in [0.25, 0.3) is 0 Å². The van der Waals surface area contributed by atoms with Crippen LogP contribution in [0.2, 0.25) is 0 Å². The second-order valence-corrected chi connectivity index (χ2v) is 6.44. The number of sulfonamides is 1. The predicted octanol–water partition coefficient (Wildman–Crippen LogP) is 0.661. The standard InChI is InChI=1S/C11H15N5O4S/c1-8(6-12)7-15(2)21(19,20)9-3-4-10(14-13)11(5-9)16(17)18/h3-5,8,14H,7,13H2,1-2H3. The van der Waals surface area contributed by atoms with Gasteiger partial charge in [0.1, 0.15) is 5.69 Å². The zero-order valence-corrected chi connectivity index (χ0v) is 12.3. The molecule has 3 N–H and O–H groups in total. The van der Waals surface area contributed by atoms with Crippen LogP contribution >= 0.6 is 0 Å². The van der Waals surface area contributed by atoms with Crippen LogP contribution in [0.3, 0.4) is 0 Å². The van der Waals surface area contributed by atoms with Gasteiger partial charge in [-0.3, -0.25) is 16.0 Å². The van der Waals surface area contributed by atoms with Crippen LogP contribution in [0.15, 0.2) is 23.1 Å². The van der Waals surface area contributed by atoms with Crippen LogP contribution in [0.1, 0.15) is 6.92 Å². The number of anilines is 1. The maximum atomic E-state index is 12.3. The summed E-state index contributed by atoms with van der Waals surface area (Å²) < 4.78 is 25.6. The van der Waals surface area contributed by atoms with Gasteiger partial charge in [0.15, 0.2) is 0 Å². The summed E-state index contributed by atoms with van der Waals surface area (Å²) in [5.41, 5.74) is 1.70. The van der Waals surface area contributed by atoms with Gasteiger partial charge in [-0.1, -0.05) is 0 Å². The molecule has 10 heteroatoms. The van der Waals surface area contributed by atoms with Gasteiger partial charge in [-0.25, -0.2) is 8.42 Å². The smallest absolute Gasteiger partial charge is 0.294 e. The molecule has 1 aromatic rings. The lowest BCUT2D eigenvalue weighted by Gasteiger charge is -2.18. The van der Waals surface area contributed by atoms with Crippen molar-refractivity contribution in [2.45, 2.75) is 11.8 Å². The van der Waals surface area contributed by atoms with Crippen LogP contribution in [-0.2, 0) is 10.0 Å². The lowest BCUT2D eigenvalue weighted by Crippen LogP contribution is -2.30. The predicted molar refractivity (Wildman–Crippen MR) is 75.5 cm³/mol. The van der Waals surface area contributed by atoms with Crippen LogP contribution in [0, 0.1) is 27.4 Å². The third-order valence-electron chi connectivity index (χ3n) is 2.78. The van der Waals surface area contributed by atoms with Crippen molar-refractivity contribution in [3.63, 3.8) is 0 Å². The van der Waals surface area contributed by atoms with Crippen LogP contribution in [0.4, 0.5) is 11.4 Å². The number of nitrogen functional groups attached to an aromatic ring is 1. The minimum absolute atomic E-state index is 0.00648. The zero-order valence-electron chi connectivity index (χ0n) is 11.5. The highest BCUT2D eigenvalue weighted by molar-refractivity contribution is 7.89. The molecule has 0 spiro atoms. The highest BCUT2D eigenvalue weighted by Gasteiger charge is 2.25. The quantitative estimate of drug-likeness (QED) is 0.446. The summed E-state index contributed by atoms with van der Waals surface area (Å²) >= 11 is 0. The van der Waals surface area contributed by atoms with E-state index in [4.69, 9.17) is 11.1 Å². The first-order valence-corrected chi connectivity index (χ1v) is 7.29. The molecule has 0 radical (unpaired) electrons. The van der Waals surface area contributed by atoms with Crippen LogP contribution in [-0.4, -0.2) is 31.2 Å². The Morgan fingerprint density at radius 1 is 1.57 bits per heavy atom. The molecule has 0 aliphatic carbocycles. The first kappa shape index (κ1) is 16.8. The Kier molecular flexibility index (Phi) is 5.20. The molecule has 0 saturated carbocycles. The Balaban J connectivity index is 3.24. The molecule has 0 amide bonds. The van der Waals surface area contributed by atoms with Gasteiger partial charge in [0.25, 0.3) is 5.69 Å². The normalized spacial score (nSPS) is 12.7. The SMILES string of the molecule is CC(C#N)CN(C)S(=O)(=O)c1ccc(NN)c([N+](=O)[O-])c1. The summed E-state index contributed by atoms with van der Waals surface area (Å²) in [6, 6.07) is 5.28. The Morgan fingerprint density at radius 3 is 2.67 bits per heavy atom. The van der Waals surface area contributed by atoms with E-state index in [9.17, 15) is 18.5 Å². The summed E-state index contributed by atoms with van der Waals surface area (Å²) in [6.45, 7) is 1.57. The fourth-order valence-corrected chi connectivity index (χ4v) is 2.93. The second kappa shape index (κ2) is 6.49. The van der Waals surface area contributed by atoms with Gasteiger partial charge in [-0.15, -0.1) is 0 Å². The number of nitriles is 1. The van der Waals surface area contributed by atoms with Gasteiger partial charge < -0.3 is 5.43 Å². The monoisotopic (exact) mass is 313 g/mol. The molecule has 0 aliphatic rings. The van der Waals surface area contributed by atoms with Crippen molar-refractivity contribution < 1.29 is 13.3 Å². The number of benzene rings is 1. The van der Waals surface area contributed by atoms with E-state index >= 15 is 0 Å². The number of hydrogen-bond acceptors (Lipinski definition) is 7. The first-order valence-electron chi connectivity index (χ1n) is 5.85. The van der Waals surface area contributed by atoms with E-state index in [2.05, 4.69) is 5.43 Å². The Labute approximate surface area is 122 Å². The first-order chi connectivity index (χ1) is 9.73. The topological polar surface area (TPSA) is 142 Å². The molecule has 1 unspecified atom stereocenters. The van der Waals surface area contributed by atoms with E-state index in [1.165, 1.54) is 19.2 Å². The molecule has 9 nitrogen and oxygen atoms in total. The molecule has 0 aliphatic heterocycles. The van der Waals surface area contributed by atoms with E-state index in [-0.39, 0.29) is 17.1 Å². The van der Waals surface area contributed by atoms with E-state index < -0.39 is 26.6 Å². The minimum atomic E-state index is -3.92. The Morgan fingerprint density at radius 2 is 2.19 bits per heavy atom. The van der Waals surface area contributed by atoms with Gasteiger partial charge in [0.2, 0.25) is 10.0 Å². The second-order valence-electron chi connectivity index (χ2n) is 4.40. The molecule has 0 fully saturated rings. The fraction of sp³-hybridized carbons (Fsp3) is 0.364. The van der Waals surface area contributed by atoms with Crippen molar-refractivity contribution in [3.05, 3.63) is 28.3 Å². The molecule has 1 rings (SSSR count). The van der Waals surface area contributed by atoms with E-state index in [1.54, 1.807) is 6.92 Å². The summed E-state index contributed by atoms with van der Waals surface area (Å²) in [6.07, 6.45) is 0. The van der Waals surface area contributed by atoms with Gasteiger partial charge >= 0.3 is 0 Å². The molecule has 1 atom stereocenters. The lowest BCUT2D eigenvalue weighted by atomic mass is 10.2. The van der Waals surface area contributed by atoms with Gasteiger partial charge in [-0.05, 0) is 19.1 Å². The lowest BCUT2D eigenvalue weighted by molar-refractivity contribution is -0.384. The largest absolute Gasteiger partial charge is 0.318 e. The number of hydrazine groups is 1. The molecule has 0 saturated heterocycles. The van der Waals surface area contributed by atoms with E-state index in [0.717, 1.165) is 10.4 Å². The van der Waals surface area contributed by atoms with Gasteiger partial charge in [0, 0.05) is 19.7 Å². The molecule has 0 heterocycles. The maximum Gasteiger partial charge on any atom is 0.294 e. The summed E-state index contributed by atoms with van der Waals surface area (Å²) in [5.74, 6) is 4.65. The number of rotatable bonds is 6. The summed E-state index contributed by atoms with van der Waals surface area (Å²) in [5, 5.41) is 19.6. The Bertz CT molecular complexity index is 682. The average molecular weight is 313 g/mol. The number of nitrogens with two attached hydrogens (primary N) is 1. The van der Waals surface area contributed by atoms with Crippen molar-refractivity contribution in [2.75, 3.05) is 19.0 Å². The minimum Gasteiger partial charge on any atom is -0.318 e. The third kappa shape index (κ3) is 3.66. The number of nitro benzene ring substituents is 1. The molecular weight excluding hydrogens is 298 g/mol. The number of hydrogen-bond donors (Lipinski definition) is 2. The van der Waals surface area contributed by atoms with E-state index in [1.807, 2.05) is 6.07 Å². The van der Waals surface area contributed by atoms with Crippen molar-refractivity contribution >= 4 is 21.4 Å².